The van der Waals surface area contributed by atoms with E-state index in [0.717, 1.165) is 18.4 Å². The lowest BCUT2D eigenvalue weighted by Crippen LogP contribution is -2.43. The van der Waals surface area contributed by atoms with Crippen LogP contribution >= 0.6 is 0 Å². The SMILES string of the molecule is CCCC[n+]1c(N)c(C(=O)NCC(C)C)cc2c(=O)n3cccc(C)c3nc21. The largest absolute Gasteiger partial charge is 0.352 e. The Morgan fingerprint density at radius 1 is 1.39 bits per heavy atom. The molecular formula is C21H28N5O2+. The number of nitrogens with zero attached hydrogens (tertiary/aromatic N) is 3. The van der Waals surface area contributed by atoms with Crippen LogP contribution in [0.2, 0.25) is 0 Å². The van der Waals surface area contributed by atoms with Gasteiger partial charge in [-0.2, -0.15) is 0 Å². The van der Waals surface area contributed by atoms with Crippen molar-refractivity contribution in [2.45, 2.75) is 47.1 Å². The Hall–Kier alpha value is -2.96. The summed E-state index contributed by atoms with van der Waals surface area (Å²) in [6, 6.07) is 5.31. The van der Waals surface area contributed by atoms with Gasteiger partial charge in [0.1, 0.15) is 10.9 Å². The standard InChI is InChI=1S/C21H27N5O2/c1-5-6-9-25-17(22)15(20(27)23-12-13(2)3)11-16-19(25)24-18-14(4)8-7-10-26(18)21(16)28/h7-8,10-11,13,22H,5-6,9,12H2,1-4H3,(H,23,27)/p+1. The maximum Gasteiger partial charge on any atom is 0.278 e. The fourth-order valence-electron chi connectivity index (χ4n) is 3.23. The molecule has 0 saturated carbocycles. The Labute approximate surface area is 164 Å². The molecule has 3 aromatic heterocycles. The van der Waals surface area contributed by atoms with Crippen molar-refractivity contribution >= 4 is 28.4 Å². The van der Waals surface area contributed by atoms with Gasteiger partial charge in [0.2, 0.25) is 11.5 Å². The topological polar surface area (TPSA) is 93.4 Å². The van der Waals surface area contributed by atoms with Crippen LogP contribution in [0.5, 0.6) is 0 Å². The maximum atomic E-state index is 13.2. The average Bonchev–Trinajstić information content (AvgIpc) is 2.66. The summed E-state index contributed by atoms with van der Waals surface area (Å²) < 4.78 is 3.32. The van der Waals surface area contributed by atoms with Gasteiger partial charge in [0, 0.05) is 18.3 Å². The van der Waals surface area contributed by atoms with E-state index in [1.807, 2.05) is 32.9 Å². The second-order valence-electron chi connectivity index (χ2n) is 7.59. The minimum atomic E-state index is -0.271. The molecule has 0 saturated heterocycles. The molecule has 7 heteroatoms. The van der Waals surface area contributed by atoms with E-state index in [9.17, 15) is 9.59 Å². The smallest absolute Gasteiger partial charge is 0.278 e. The van der Waals surface area contributed by atoms with Crippen molar-refractivity contribution < 1.29 is 9.36 Å². The number of amides is 1. The van der Waals surface area contributed by atoms with Crippen LogP contribution in [0.1, 0.15) is 49.5 Å². The summed E-state index contributed by atoms with van der Waals surface area (Å²) in [5, 5.41) is 3.28. The molecule has 0 bridgehead atoms. The number of carbonyl (C=O) groups is 1. The van der Waals surface area contributed by atoms with E-state index in [2.05, 4.69) is 12.2 Å². The zero-order valence-electron chi connectivity index (χ0n) is 17.0. The monoisotopic (exact) mass is 382 g/mol. The van der Waals surface area contributed by atoms with E-state index in [0.29, 0.717) is 47.1 Å². The first kappa shape index (κ1) is 19.8. The zero-order valence-corrected chi connectivity index (χ0v) is 17.0. The molecule has 1 amide bonds. The number of unbranched alkanes of at least 4 members (excludes halogenated alkanes) is 1. The average molecular weight is 382 g/mol. The van der Waals surface area contributed by atoms with Crippen molar-refractivity contribution in [3.8, 4) is 0 Å². The highest BCUT2D eigenvalue weighted by Gasteiger charge is 2.24. The Kier molecular flexibility index (Phi) is 5.63. The van der Waals surface area contributed by atoms with Gasteiger partial charge in [0.05, 0.1) is 6.54 Å². The lowest BCUT2D eigenvalue weighted by atomic mass is 10.1. The first-order valence-electron chi connectivity index (χ1n) is 9.77. The molecule has 0 unspecified atom stereocenters. The molecule has 3 rings (SSSR count). The van der Waals surface area contributed by atoms with Gasteiger partial charge in [-0.3, -0.25) is 14.0 Å². The molecule has 0 aliphatic rings. The van der Waals surface area contributed by atoms with E-state index in [1.165, 1.54) is 4.40 Å². The quantitative estimate of drug-likeness (QED) is 0.505. The predicted octanol–water partition coefficient (Wildman–Crippen LogP) is 2.21. The van der Waals surface area contributed by atoms with Crippen molar-refractivity contribution in [3.05, 3.63) is 45.9 Å². The van der Waals surface area contributed by atoms with Crippen LogP contribution in [0.15, 0.2) is 29.2 Å². The molecule has 7 nitrogen and oxygen atoms in total. The number of anilines is 1. The fraction of sp³-hybridized carbons (Fsp3) is 0.429. The van der Waals surface area contributed by atoms with Gasteiger partial charge in [0.25, 0.3) is 17.1 Å². The van der Waals surface area contributed by atoms with Crippen LogP contribution in [0.4, 0.5) is 5.82 Å². The first-order chi connectivity index (χ1) is 13.3. The van der Waals surface area contributed by atoms with Crippen LogP contribution in [0.25, 0.3) is 16.7 Å². The second-order valence-corrected chi connectivity index (χ2v) is 7.59. The van der Waals surface area contributed by atoms with E-state index in [1.54, 1.807) is 16.8 Å². The number of nitrogens with one attached hydrogen (secondary N) is 1. The van der Waals surface area contributed by atoms with Crippen molar-refractivity contribution in [2.75, 3.05) is 12.3 Å². The number of nitrogens with two attached hydrogens (primary N) is 1. The van der Waals surface area contributed by atoms with Gasteiger partial charge in [-0.15, -0.1) is 0 Å². The predicted molar refractivity (Wildman–Crippen MR) is 110 cm³/mol. The normalized spacial score (nSPS) is 11.5. The molecule has 0 fully saturated rings. The lowest BCUT2D eigenvalue weighted by Gasteiger charge is -2.13. The molecule has 0 aliphatic heterocycles. The Morgan fingerprint density at radius 3 is 2.82 bits per heavy atom. The summed E-state index contributed by atoms with van der Waals surface area (Å²) >= 11 is 0. The van der Waals surface area contributed by atoms with Gasteiger partial charge in [-0.1, -0.05) is 38.2 Å². The molecule has 0 radical (unpaired) electrons. The number of pyridine rings is 2. The zero-order chi connectivity index (χ0) is 20.4. The highest BCUT2D eigenvalue weighted by atomic mass is 16.1. The number of rotatable bonds is 6. The van der Waals surface area contributed by atoms with Crippen molar-refractivity contribution in [1.29, 1.82) is 0 Å². The van der Waals surface area contributed by atoms with E-state index < -0.39 is 0 Å². The highest BCUT2D eigenvalue weighted by Crippen LogP contribution is 2.16. The number of fused-ring (bicyclic) bond motifs is 2. The van der Waals surface area contributed by atoms with E-state index >= 15 is 0 Å². The van der Waals surface area contributed by atoms with Crippen LogP contribution in [0.3, 0.4) is 0 Å². The molecule has 0 atom stereocenters. The summed E-state index contributed by atoms with van der Waals surface area (Å²) in [6.45, 7) is 9.19. The van der Waals surface area contributed by atoms with Crippen molar-refractivity contribution in [1.82, 2.24) is 14.7 Å². The van der Waals surface area contributed by atoms with Crippen LogP contribution < -0.4 is 21.2 Å². The van der Waals surface area contributed by atoms with Crippen LogP contribution in [-0.2, 0) is 6.54 Å². The third kappa shape index (κ3) is 3.56. The number of hydrogen-bond donors (Lipinski definition) is 2. The molecule has 0 spiro atoms. The number of carbonyl (C=O) groups excluding carboxylic acids is 1. The third-order valence-corrected chi connectivity index (χ3v) is 4.83. The minimum Gasteiger partial charge on any atom is -0.352 e. The molecule has 3 heterocycles. The second kappa shape index (κ2) is 7.96. The highest BCUT2D eigenvalue weighted by molar-refractivity contribution is 6.00. The molecule has 0 aromatic carbocycles. The fourth-order valence-corrected chi connectivity index (χ4v) is 3.23. The van der Waals surface area contributed by atoms with E-state index in [-0.39, 0.29) is 11.5 Å². The van der Waals surface area contributed by atoms with Crippen molar-refractivity contribution in [3.63, 3.8) is 0 Å². The lowest BCUT2D eigenvalue weighted by molar-refractivity contribution is -0.659. The van der Waals surface area contributed by atoms with Crippen molar-refractivity contribution in [2.24, 2.45) is 5.92 Å². The van der Waals surface area contributed by atoms with Gasteiger partial charge in [-0.05, 0) is 31.4 Å². The molecule has 3 N–H and O–H groups in total. The van der Waals surface area contributed by atoms with Crippen LogP contribution in [-0.4, -0.2) is 21.8 Å². The maximum absolute atomic E-state index is 13.2. The molecule has 0 aliphatic carbocycles. The molecular weight excluding hydrogens is 354 g/mol. The third-order valence-electron chi connectivity index (χ3n) is 4.83. The summed E-state index contributed by atoms with van der Waals surface area (Å²) in [5.41, 5.74) is 8.52. The summed E-state index contributed by atoms with van der Waals surface area (Å²) in [5.74, 6) is 0.385. The Balaban J connectivity index is 2.31. The van der Waals surface area contributed by atoms with Gasteiger partial charge in [0.15, 0.2) is 0 Å². The molecule has 3 aromatic rings. The van der Waals surface area contributed by atoms with Gasteiger partial charge < -0.3 is 11.1 Å². The number of aromatic nitrogens is 3. The van der Waals surface area contributed by atoms with Gasteiger partial charge >= 0.3 is 0 Å². The Bertz CT molecular complexity index is 1100. The van der Waals surface area contributed by atoms with Gasteiger partial charge in [-0.25, -0.2) is 4.57 Å². The summed E-state index contributed by atoms with van der Waals surface area (Å²) in [7, 11) is 0. The Morgan fingerprint density at radius 2 is 2.14 bits per heavy atom. The van der Waals surface area contributed by atoms with E-state index in [4.69, 9.17) is 10.7 Å². The molecule has 28 heavy (non-hydrogen) atoms. The number of hydrogen-bond acceptors (Lipinski definition) is 4. The number of nitrogen functional groups attached to an aromatic ring is 1. The first-order valence-corrected chi connectivity index (χ1v) is 9.77. The minimum absolute atomic E-state index is 0.202. The van der Waals surface area contributed by atoms with Crippen LogP contribution in [0, 0.1) is 12.8 Å². The molecule has 148 valence electrons. The number of aryl methyl sites for hydroxylation is 2. The summed E-state index contributed by atoms with van der Waals surface area (Å²) in [4.78, 5) is 30.6. The summed E-state index contributed by atoms with van der Waals surface area (Å²) in [6.07, 6.45) is 3.53.